The van der Waals surface area contributed by atoms with Crippen LogP contribution >= 0.6 is 0 Å². The molecule has 0 aliphatic rings. The molecule has 10 heteroatoms. The Morgan fingerprint density at radius 3 is 2.56 bits per heavy atom. The molecule has 0 spiro atoms. The summed E-state index contributed by atoms with van der Waals surface area (Å²) in [6, 6.07) is 3.24. The van der Waals surface area contributed by atoms with Crippen LogP contribution in [0.1, 0.15) is 0 Å². The van der Waals surface area contributed by atoms with Gasteiger partial charge in [-0.1, -0.05) is 6.07 Å². The second-order valence-corrected chi connectivity index (χ2v) is 4.93. The minimum atomic E-state index is -4.41. The number of benzene rings is 1. The summed E-state index contributed by atoms with van der Waals surface area (Å²) in [5, 5.41) is 10.7. The summed E-state index contributed by atoms with van der Waals surface area (Å²) < 4.78 is 48.6. The van der Waals surface area contributed by atoms with Crippen LogP contribution in [0.3, 0.4) is 0 Å². The molecular formula is C8H9F2N3O4S. The number of hydrogen-bond donors (Lipinski definition) is 2. The second kappa shape index (κ2) is 5.23. The van der Waals surface area contributed by atoms with E-state index in [2.05, 4.69) is 0 Å². The quantitative estimate of drug-likeness (QED) is 0.468. The molecule has 0 aliphatic heterocycles. The minimum absolute atomic E-state index is 0.361. The van der Waals surface area contributed by atoms with Gasteiger partial charge < -0.3 is 5.73 Å². The van der Waals surface area contributed by atoms with E-state index >= 15 is 0 Å². The largest absolute Gasteiger partial charge is 0.393 e. The van der Waals surface area contributed by atoms with Gasteiger partial charge in [0.25, 0.3) is 6.43 Å². The van der Waals surface area contributed by atoms with E-state index in [4.69, 9.17) is 5.73 Å². The van der Waals surface area contributed by atoms with Crippen LogP contribution in [0.25, 0.3) is 0 Å². The van der Waals surface area contributed by atoms with Crippen molar-refractivity contribution in [2.45, 2.75) is 11.3 Å². The zero-order chi connectivity index (χ0) is 13.9. The first kappa shape index (κ1) is 14.3. The molecule has 1 aromatic carbocycles. The third-order valence-electron chi connectivity index (χ3n) is 1.93. The molecule has 3 N–H and O–H groups in total. The maximum Gasteiger partial charge on any atom is 0.312 e. The molecule has 0 bridgehead atoms. The van der Waals surface area contributed by atoms with Gasteiger partial charge in [-0.15, -0.1) is 0 Å². The number of nitrogen functional groups attached to an aromatic ring is 1. The highest BCUT2D eigenvalue weighted by Gasteiger charge is 2.28. The molecule has 0 saturated heterocycles. The summed E-state index contributed by atoms with van der Waals surface area (Å²) in [4.78, 5) is 8.99. The Balaban J connectivity index is 3.24. The van der Waals surface area contributed by atoms with Gasteiger partial charge in [-0.3, -0.25) is 10.1 Å². The van der Waals surface area contributed by atoms with Gasteiger partial charge >= 0.3 is 5.69 Å². The fourth-order valence-electron chi connectivity index (χ4n) is 1.20. The number of alkyl halides is 2. The van der Waals surface area contributed by atoms with E-state index in [1.807, 2.05) is 0 Å². The zero-order valence-corrected chi connectivity index (χ0v) is 9.65. The Morgan fingerprint density at radius 2 is 2.06 bits per heavy atom. The third-order valence-corrected chi connectivity index (χ3v) is 3.39. The molecule has 0 radical (unpaired) electrons. The number of halogens is 2. The number of nitro benzene ring substituents is 1. The summed E-state index contributed by atoms with van der Waals surface area (Å²) in [5.74, 6) is 0. The van der Waals surface area contributed by atoms with E-state index in [1.54, 1.807) is 4.72 Å². The van der Waals surface area contributed by atoms with Crippen LogP contribution < -0.4 is 10.5 Å². The van der Waals surface area contributed by atoms with Crippen LogP contribution in [0.4, 0.5) is 20.2 Å². The highest BCUT2D eigenvalue weighted by Crippen LogP contribution is 2.29. The molecule has 0 aliphatic carbocycles. The highest BCUT2D eigenvalue weighted by molar-refractivity contribution is 7.89. The number of para-hydroxylation sites is 1. The summed E-state index contributed by atoms with van der Waals surface area (Å²) in [6.45, 7) is -1.13. The Hall–Kier alpha value is -1.81. The predicted octanol–water partition coefficient (Wildman–Crippen LogP) is 0.720. The van der Waals surface area contributed by atoms with Gasteiger partial charge in [-0.05, 0) is 12.1 Å². The van der Waals surface area contributed by atoms with E-state index in [0.29, 0.717) is 0 Å². The number of sulfonamides is 1. The van der Waals surface area contributed by atoms with Crippen LogP contribution in [-0.2, 0) is 10.0 Å². The molecule has 7 nitrogen and oxygen atoms in total. The Bertz CT molecular complexity index is 561. The summed E-state index contributed by atoms with van der Waals surface area (Å²) in [6.07, 6.45) is -2.90. The average Bonchev–Trinajstić information content (AvgIpc) is 2.25. The topological polar surface area (TPSA) is 115 Å². The van der Waals surface area contributed by atoms with E-state index in [9.17, 15) is 27.3 Å². The van der Waals surface area contributed by atoms with Crippen molar-refractivity contribution in [3.8, 4) is 0 Å². The standard InChI is InChI=1S/C8H9F2N3O4S/c9-7(10)4-12-18(16,17)6-3-1-2-5(11)8(6)13(14)15/h1-3,7,12H,4,11H2. The molecule has 0 saturated carbocycles. The molecular weight excluding hydrogens is 272 g/mol. The number of rotatable bonds is 5. The monoisotopic (exact) mass is 281 g/mol. The predicted molar refractivity (Wildman–Crippen MR) is 58.7 cm³/mol. The number of anilines is 1. The fraction of sp³-hybridized carbons (Fsp3) is 0.250. The smallest absolute Gasteiger partial charge is 0.312 e. The zero-order valence-electron chi connectivity index (χ0n) is 8.84. The molecule has 100 valence electrons. The number of nitro groups is 1. The van der Waals surface area contributed by atoms with Crippen molar-refractivity contribution in [1.82, 2.24) is 4.72 Å². The Morgan fingerprint density at radius 1 is 1.44 bits per heavy atom. The lowest BCUT2D eigenvalue weighted by atomic mass is 10.3. The maximum absolute atomic E-state index is 11.9. The van der Waals surface area contributed by atoms with Crippen LogP contribution in [0.2, 0.25) is 0 Å². The molecule has 18 heavy (non-hydrogen) atoms. The van der Waals surface area contributed by atoms with Gasteiger partial charge in [0.15, 0.2) is 4.90 Å². The van der Waals surface area contributed by atoms with Crippen molar-refractivity contribution in [3.63, 3.8) is 0 Å². The molecule has 1 aromatic rings. The molecule has 0 amide bonds. The van der Waals surface area contributed by atoms with E-state index in [-0.39, 0.29) is 5.69 Å². The molecule has 0 unspecified atom stereocenters. The first-order valence-corrected chi connectivity index (χ1v) is 6.04. The first-order chi connectivity index (χ1) is 8.25. The lowest BCUT2D eigenvalue weighted by Gasteiger charge is -2.07. The van der Waals surface area contributed by atoms with Gasteiger partial charge in [-0.25, -0.2) is 21.9 Å². The Labute approximate surface area is 101 Å². The van der Waals surface area contributed by atoms with Crippen LogP contribution in [0.5, 0.6) is 0 Å². The van der Waals surface area contributed by atoms with E-state index < -0.39 is 38.5 Å². The van der Waals surface area contributed by atoms with Crippen molar-refractivity contribution in [1.29, 1.82) is 0 Å². The highest BCUT2D eigenvalue weighted by atomic mass is 32.2. The van der Waals surface area contributed by atoms with Gasteiger partial charge in [0, 0.05) is 0 Å². The fourth-order valence-corrected chi connectivity index (χ4v) is 2.41. The lowest BCUT2D eigenvalue weighted by molar-refractivity contribution is -0.386. The Kier molecular flexibility index (Phi) is 4.14. The molecule has 0 atom stereocenters. The van der Waals surface area contributed by atoms with Crippen LogP contribution in [0, 0.1) is 10.1 Å². The third kappa shape index (κ3) is 3.11. The van der Waals surface area contributed by atoms with Crippen molar-refractivity contribution in [2.24, 2.45) is 0 Å². The van der Waals surface area contributed by atoms with Crippen molar-refractivity contribution < 1.29 is 22.1 Å². The van der Waals surface area contributed by atoms with Crippen molar-refractivity contribution in [2.75, 3.05) is 12.3 Å². The summed E-state index contributed by atoms with van der Waals surface area (Å²) >= 11 is 0. The normalized spacial score (nSPS) is 11.7. The van der Waals surface area contributed by atoms with Crippen molar-refractivity contribution >= 4 is 21.4 Å². The molecule has 0 fully saturated rings. The number of nitrogens with one attached hydrogen (secondary N) is 1. The molecule has 0 heterocycles. The number of nitrogens with two attached hydrogens (primary N) is 1. The van der Waals surface area contributed by atoms with Crippen LogP contribution in [0.15, 0.2) is 23.1 Å². The van der Waals surface area contributed by atoms with Gasteiger partial charge in [0.1, 0.15) is 5.69 Å². The minimum Gasteiger partial charge on any atom is -0.393 e. The number of nitrogens with zero attached hydrogens (tertiary/aromatic N) is 1. The van der Waals surface area contributed by atoms with E-state index in [0.717, 1.165) is 12.1 Å². The summed E-state index contributed by atoms with van der Waals surface area (Å²) in [5.41, 5.74) is 4.10. The van der Waals surface area contributed by atoms with E-state index in [1.165, 1.54) is 6.07 Å². The van der Waals surface area contributed by atoms with Gasteiger partial charge in [0.05, 0.1) is 11.5 Å². The van der Waals surface area contributed by atoms with Gasteiger partial charge in [-0.2, -0.15) is 0 Å². The van der Waals surface area contributed by atoms with Crippen LogP contribution in [-0.4, -0.2) is 26.3 Å². The van der Waals surface area contributed by atoms with Gasteiger partial charge in [0.2, 0.25) is 10.0 Å². The SMILES string of the molecule is Nc1cccc(S(=O)(=O)NCC(F)F)c1[N+](=O)[O-]. The second-order valence-electron chi connectivity index (χ2n) is 3.19. The number of hydrogen-bond acceptors (Lipinski definition) is 5. The average molecular weight is 281 g/mol. The molecule has 1 rings (SSSR count). The van der Waals surface area contributed by atoms with Crippen molar-refractivity contribution in [3.05, 3.63) is 28.3 Å². The lowest BCUT2D eigenvalue weighted by Crippen LogP contribution is -2.29. The summed E-state index contributed by atoms with van der Waals surface area (Å²) in [7, 11) is -4.41. The molecule has 0 aromatic heterocycles. The maximum atomic E-state index is 11.9. The first-order valence-electron chi connectivity index (χ1n) is 4.56.